The Labute approximate surface area is 138 Å². The molecule has 3 aliphatic rings. The number of H-pyrrole nitrogens is 1. The molecule has 2 aliphatic heterocycles. The van der Waals surface area contributed by atoms with Gasteiger partial charge in [-0.25, -0.2) is 4.79 Å². The highest BCUT2D eigenvalue weighted by Crippen LogP contribution is 2.53. The molecular weight excluding hydrogens is 321 g/mol. The summed E-state index contributed by atoms with van der Waals surface area (Å²) in [7, 11) is 0. The molecule has 1 aliphatic carbocycles. The van der Waals surface area contributed by atoms with E-state index in [-0.39, 0.29) is 11.4 Å². The summed E-state index contributed by atoms with van der Waals surface area (Å²) in [5.74, 6) is 0.385. The number of nitrogens with zero attached hydrogens (tertiary/aromatic N) is 3. The number of likely N-dealkylation sites (tertiary alicyclic amines) is 2. The van der Waals surface area contributed by atoms with Gasteiger partial charge in [0.1, 0.15) is 0 Å². The smallest absolute Gasteiger partial charge is 0.325 e. The van der Waals surface area contributed by atoms with E-state index in [0.29, 0.717) is 18.0 Å². The molecule has 1 N–H and O–H groups in total. The third-order valence-electron chi connectivity index (χ3n) is 5.57. The zero-order valence-electron chi connectivity index (χ0n) is 13.4. The monoisotopic (exact) mass is 342 g/mol. The normalized spacial score (nSPS) is 23.5. The molecule has 3 heterocycles. The van der Waals surface area contributed by atoms with Crippen LogP contribution < -0.4 is 0 Å². The number of hydrogen-bond donors (Lipinski definition) is 1. The first-order chi connectivity index (χ1) is 11.3. The molecule has 3 fully saturated rings. The lowest BCUT2D eigenvalue weighted by Gasteiger charge is -2.59. The van der Waals surface area contributed by atoms with Crippen LogP contribution in [-0.4, -0.2) is 52.2 Å². The molecule has 0 atom stereocenters. The topological polar surface area (TPSA) is 52.2 Å². The molecule has 0 unspecified atom stereocenters. The molecule has 2 amide bonds. The Kier molecular flexibility index (Phi) is 3.54. The third-order valence-corrected chi connectivity index (χ3v) is 5.57. The number of aromatic amines is 1. The van der Waals surface area contributed by atoms with Crippen LogP contribution in [0.25, 0.3) is 0 Å². The maximum absolute atomic E-state index is 12.5. The van der Waals surface area contributed by atoms with Crippen molar-refractivity contribution in [3.8, 4) is 0 Å². The highest BCUT2D eigenvalue weighted by Gasteiger charge is 2.54. The largest absolute Gasteiger partial charge is 0.435 e. The number of halogens is 3. The Hall–Kier alpha value is -1.73. The second kappa shape index (κ2) is 5.39. The number of carbonyl (C=O) groups excluding carboxylic acids is 1. The summed E-state index contributed by atoms with van der Waals surface area (Å²) in [5, 5.41) is 5.84. The quantitative estimate of drug-likeness (QED) is 0.898. The van der Waals surface area contributed by atoms with Gasteiger partial charge >= 0.3 is 12.2 Å². The number of hydrogen-bond acceptors (Lipinski definition) is 2. The molecule has 2 saturated heterocycles. The maximum Gasteiger partial charge on any atom is 0.435 e. The Morgan fingerprint density at radius 1 is 1.25 bits per heavy atom. The first kappa shape index (κ1) is 15.8. The van der Waals surface area contributed by atoms with Gasteiger partial charge in [0.15, 0.2) is 5.69 Å². The molecule has 5 nitrogen and oxygen atoms in total. The molecule has 132 valence electrons. The molecule has 0 aromatic carbocycles. The molecule has 4 rings (SSSR count). The standard InChI is InChI=1S/C16H21F3N4O/c17-16(18,19)13-6-12(20-21-13)5-11-7-15(8-11)9-23(10-15)14(24)22-3-1-2-4-22/h6,11H,1-5,7-10H2,(H,20,21). The Morgan fingerprint density at radius 2 is 1.92 bits per heavy atom. The number of rotatable bonds is 2. The van der Waals surface area contributed by atoms with Gasteiger partial charge in [0.05, 0.1) is 0 Å². The lowest BCUT2D eigenvalue weighted by molar-refractivity contribution is -0.141. The molecule has 1 saturated carbocycles. The van der Waals surface area contributed by atoms with Crippen molar-refractivity contribution in [1.29, 1.82) is 0 Å². The molecule has 8 heteroatoms. The molecule has 24 heavy (non-hydrogen) atoms. The van der Waals surface area contributed by atoms with E-state index in [1.807, 2.05) is 9.80 Å². The molecular formula is C16H21F3N4O. The number of amides is 2. The van der Waals surface area contributed by atoms with Gasteiger partial charge in [-0.1, -0.05) is 0 Å². The lowest BCUT2D eigenvalue weighted by Crippen LogP contribution is -2.65. The molecule has 1 spiro atoms. The fraction of sp³-hybridized carbons (Fsp3) is 0.750. The first-order valence-corrected chi connectivity index (χ1v) is 8.50. The van der Waals surface area contributed by atoms with Crippen molar-refractivity contribution < 1.29 is 18.0 Å². The van der Waals surface area contributed by atoms with E-state index in [1.54, 1.807) is 0 Å². The number of nitrogens with one attached hydrogen (secondary N) is 1. The van der Waals surface area contributed by atoms with Gasteiger partial charge in [-0.05, 0) is 44.1 Å². The van der Waals surface area contributed by atoms with E-state index in [2.05, 4.69) is 10.2 Å². The van der Waals surface area contributed by atoms with Crippen molar-refractivity contribution in [1.82, 2.24) is 20.0 Å². The van der Waals surface area contributed by atoms with Crippen molar-refractivity contribution in [3.63, 3.8) is 0 Å². The highest BCUT2D eigenvalue weighted by atomic mass is 19.4. The predicted molar refractivity (Wildman–Crippen MR) is 80.2 cm³/mol. The van der Waals surface area contributed by atoms with E-state index >= 15 is 0 Å². The average molecular weight is 342 g/mol. The van der Waals surface area contributed by atoms with Crippen LogP contribution in [0.1, 0.15) is 37.1 Å². The zero-order chi connectivity index (χ0) is 16.9. The van der Waals surface area contributed by atoms with Crippen LogP contribution in [0.3, 0.4) is 0 Å². The van der Waals surface area contributed by atoms with E-state index in [1.165, 1.54) is 0 Å². The Bertz CT molecular complexity index is 622. The predicted octanol–water partition coefficient (Wildman–Crippen LogP) is 2.90. The van der Waals surface area contributed by atoms with Crippen molar-refractivity contribution in [3.05, 3.63) is 17.5 Å². The Balaban J connectivity index is 1.24. The summed E-state index contributed by atoms with van der Waals surface area (Å²) in [6.45, 7) is 3.34. The van der Waals surface area contributed by atoms with E-state index in [9.17, 15) is 18.0 Å². The summed E-state index contributed by atoms with van der Waals surface area (Å²) in [4.78, 5) is 16.1. The average Bonchev–Trinajstić information content (AvgIpc) is 3.09. The SMILES string of the molecule is O=C(N1CCCC1)N1CC2(CC(Cc3cc(C(F)(F)F)n[nH]3)C2)C1. The summed E-state index contributed by atoms with van der Waals surface area (Å²) in [5.41, 5.74) is -0.0866. The van der Waals surface area contributed by atoms with Gasteiger partial charge in [-0.2, -0.15) is 18.3 Å². The van der Waals surface area contributed by atoms with Crippen LogP contribution in [0.4, 0.5) is 18.0 Å². The second-order valence-electron chi connectivity index (χ2n) is 7.59. The molecule has 1 aromatic heterocycles. The van der Waals surface area contributed by atoms with Crippen LogP contribution in [0, 0.1) is 11.3 Å². The zero-order valence-corrected chi connectivity index (χ0v) is 13.4. The summed E-state index contributed by atoms with van der Waals surface area (Å²) in [6, 6.07) is 1.26. The van der Waals surface area contributed by atoms with E-state index in [0.717, 1.165) is 57.9 Å². The van der Waals surface area contributed by atoms with Gasteiger partial charge in [0.25, 0.3) is 0 Å². The summed E-state index contributed by atoms with van der Waals surface area (Å²) in [6.07, 6.45) is 0.368. The maximum atomic E-state index is 12.5. The van der Waals surface area contributed by atoms with Crippen LogP contribution >= 0.6 is 0 Å². The third kappa shape index (κ3) is 2.75. The van der Waals surface area contributed by atoms with Crippen molar-refractivity contribution in [2.75, 3.05) is 26.2 Å². The highest BCUT2D eigenvalue weighted by molar-refractivity contribution is 5.76. The number of urea groups is 1. The summed E-state index contributed by atoms with van der Waals surface area (Å²) >= 11 is 0. The second-order valence-corrected chi connectivity index (χ2v) is 7.59. The van der Waals surface area contributed by atoms with Crippen molar-refractivity contribution in [2.45, 2.75) is 38.3 Å². The number of alkyl halides is 3. The van der Waals surface area contributed by atoms with Crippen LogP contribution in [-0.2, 0) is 12.6 Å². The minimum Gasteiger partial charge on any atom is -0.325 e. The van der Waals surface area contributed by atoms with Gasteiger partial charge in [0.2, 0.25) is 0 Å². The molecule has 1 aromatic rings. The van der Waals surface area contributed by atoms with Gasteiger partial charge in [-0.3, -0.25) is 5.10 Å². The van der Waals surface area contributed by atoms with Gasteiger partial charge in [-0.15, -0.1) is 0 Å². The van der Waals surface area contributed by atoms with Crippen molar-refractivity contribution >= 4 is 6.03 Å². The fourth-order valence-electron chi connectivity index (χ4n) is 4.50. The molecule has 0 bridgehead atoms. The Morgan fingerprint density at radius 3 is 2.50 bits per heavy atom. The van der Waals surface area contributed by atoms with Gasteiger partial charge in [0, 0.05) is 37.3 Å². The summed E-state index contributed by atoms with van der Waals surface area (Å²) < 4.78 is 37.6. The minimum atomic E-state index is -4.39. The van der Waals surface area contributed by atoms with Crippen LogP contribution in [0.5, 0.6) is 0 Å². The van der Waals surface area contributed by atoms with Crippen LogP contribution in [0.15, 0.2) is 6.07 Å². The first-order valence-electron chi connectivity index (χ1n) is 8.50. The number of carbonyl (C=O) groups is 1. The van der Waals surface area contributed by atoms with Gasteiger partial charge < -0.3 is 9.80 Å². The molecule has 0 radical (unpaired) electrons. The fourth-order valence-corrected chi connectivity index (χ4v) is 4.50. The van der Waals surface area contributed by atoms with E-state index < -0.39 is 11.9 Å². The van der Waals surface area contributed by atoms with E-state index in [4.69, 9.17) is 0 Å². The number of aromatic nitrogens is 2. The van der Waals surface area contributed by atoms with Crippen LogP contribution in [0.2, 0.25) is 0 Å². The minimum absolute atomic E-state index is 0.157. The lowest BCUT2D eigenvalue weighted by atomic mass is 9.57. The van der Waals surface area contributed by atoms with Crippen molar-refractivity contribution in [2.24, 2.45) is 11.3 Å².